The van der Waals surface area contributed by atoms with Gasteiger partial charge in [-0.3, -0.25) is 0 Å². The number of hydrogen-bond acceptors (Lipinski definition) is 2. The fraction of sp³-hybridized carbons (Fsp3) is 0.294. The molecule has 2 aliphatic rings. The van der Waals surface area contributed by atoms with Gasteiger partial charge in [-0.05, 0) is 36.9 Å². The molecule has 2 aliphatic heterocycles. The van der Waals surface area contributed by atoms with E-state index >= 15 is 0 Å². The first kappa shape index (κ1) is 10.3. The Morgan fingerprint density at radius 2 is 2.00 bits per heavy atom. The molecule has 0 bridgehead atoms. The topological polar surface area (TPSA) is 12.5 Å². The van der Waals surface area contributed by atoms with E-state index in [1.165, 1.54) is 0 Å². The fourth-order valence-electron chi connectivity index (χ4n) is 3.39. The average Bonchev–Trinajstić information content (AvgIpc) is 2.79. The van der Waals surface area contributed by atoms with Gasteiger partial charge in [0.05, 0.1) is 2.74 Å². The number of likely N-dealkylation sites (N-methyl/N-ethyl adjacent to an activating group) is 1. The summed E-state index contributed by atoms with van der Waals surface area (Å²) < 4.78 is 22.2. The Kier molecular flexibility index (Phi) is 2.31. The molecule has 2 heterocycles. The lowest BCUT2D eigenvalue weighted by Crippen LogP contribution is -2.14. The molecule has 20 heavy (non-hydrogen) atoms. The zero-order valence-corrected chi connectivity index (χ0v) is 11.9. The van der Waals surface area contributed by atoms with Crippen LogP contribution in [0.4, 0.5) is 0 Å². The first-order valence-electron chi connectivity index (χ1n) is 7.80. The van der Waals surface area contributed by atoms with Gasteiger partial charge in [0.25, 0.3) is 0 Å². The van der Waals surface area contributed by atoms with Gasteiger partial charge >= 0.3 is 0 Å². The van der Waals surface area contributed by atoms with Crippen molar-refractivity contribution in [2.24, 2.45) is 0 Å². The smallest absolute Gasteiger partial charge is 0.131 e. The third-order valence-electron chi connectivity index (χ3n) is 4.26. The maximum absolute atomic E-state index is 8.21. The van der Waals surface area contributed by atoms with Gasteiger partial charge in [0.1, 0.15) is 11.5 Å². The molecule has 102 valence electrons. The molecule has 3 heteroatoms. The number of halogens is 1. The number of likely N-dealkylation sites (tertiary alicyclic amines) is 1. The van der Waals surface area contributed by atoms with Crippen molar-refractivity contribution in [3.05, 3.63) is 58.6 Å². The maximum Gasteiger partial charge on any atom is 0.131 e. The molecule has 1 saturated heterocycles. The summed E-state index contributed by atoms with van der Waals surface area (Å²) in [5, 5.41) is 0.577. The van der Waals surface area contributed by atoms with Crippen molar-refractivity contribution in [1.82, 2.24) is 4.90 Å². The lowest BCUT2D eigenvalue weighted by atomic mass is 9.84. The molecule has 0 aromatic heterocycles. The van der Waals surface area contributed by atoms with Crippen LogP contribution in [0.15, 0.2) is 42.4 Å². The zero-order valence-electron chi connectivity index (χ0n) is 13.2. The molecule has 1 fully saturated rings. The zero-order chi connectivity index (χ0) is 15.4. The standard InChI is InChI=1S/C17H16ClNO/c1-19-9-14-12-4-2-3-5-16(12)20-17-7-6-11(18)8-13(17)15(14)10-19/h2-8,14-15H,9-10H2,1H3/t14-,15-/m0/s1/i2T,7T. The molecule has 0 N–H and O–H groups in total. The minimum absolute atomic E-state index is 0.242. The Balaban J connectivity index is 1.97. The number of para-hydroxylation sites is 1. The molecular formula is C17H16ClNO. The van der Waals surface area contributed by atoms with Crippen LogP contribution in [0.2, 0.25) is 5.02 Å². The molecule has 4 rings (SSSR count). The summed E-state index contributed by atoms with van der Waals surface area (Å²) in [5.74, 6) is 1.87. The molecule has 0 aliphatic carbocycles. The van der Waals surface area contributed by atoms with E-state index in [4.69, 9.17) is 19.1 Å². The van der Waals surface area contributed by atoms with E-state index in [2.05, 4.69) is 11.9 Å². The van der Waals surface area contributed by atoms with E-state index in [-0.39, 0.29) is 11.8 Å². The van der Waals surface area contributed by atoms with E-state index < -0.39 is 0 Å². The van der Waals surface area contributed by atoms with Crippen molar-refractivity contribution in [3.8, 4) is 11.5 Å². The highest BCUT2D eigenvalue weighted by molar-refractivity contribution is 6.30. The van der Waals surface area contributed by atoms with Gasteiger partial charge < -0.3 is 9.64 Å². The highest BCUT2D eigenvalue weighted by Gasteiger charge is 2.38. The molecule has 0 radical (unpaired) electrons. The van der Waals surface area contributed by atoms with E-state index in [0.29, 0.717) is 22.9 Å². The summed E-state index contributed by atoms with van der Waals surface area (Å²) in [4.78, 5) is 2.29. The molecule has 2 aromatic rings. The third-order valence-corrected chi connectivity index (χ3v) is 4.48. The predicted molar refractivity (Wildman–Crippen MR) is 80.9 cm³/mol. The van der Waals surface area contributed by atoms with Gasteiger partial charge in [-0.15, -0.1) is 0 Å². The molecule has 0 amide bonds. The van der Waals surface area contributed by atoms with Crippen molar-refractivity contribution in [3.63, 3.8) is 0 Å². The van der Waals surface area contributed by atoms with Crippen LogP contribution in [0.3, 0.4) is 0 Å². The number of nitrogens with zero attached hydrogens (tertiary/aromatic N) is 1. The Hall–Kier alpha value is -1.51. The van der Waals surface area contributed by atoms with Crippen molar-refractivity contribution in [2.45, 2.75) is 11.8 Å². The van der Waals surface area contributed by atoms with Gasteiger partial charge in [0.15, 0.2) is 0 Å². The second-order valence-electron chi connectivity index (χ2n) is 5.60. The Morgan fingerprint density at radius 3 is 2.85 bits per heavy atom. The first-order valence-corrected chi connectivity index (χ1v) is 7.17. The minimum Gasteiger partial charge on any atom is -0.457 e. The largest absolute Gasteiger partial charge is 0.457 e. The highest BCUT2D eigenvalue weighted by Crippen LogP contribution is 2.49. The molecule has 2 nitrogen and oxygen atoms in total. The van der Waals surface area contributed by atoms with Crippen LogP contribution in [0.5, 0.6) is 11.5 Å². The van der Waals surface area contributed by atoms with Crippen LogP contribution in [-0.4, -0.2) is 25.0 Å². The van der Waals surface area contributed by atoms with E-state index in [1.807, 2.05) is 18.2 Å². The molecule has 0 unspecified atom stereocenters. The highest BCUT2D eigenvalue weighted by atomic mass is 35.5. The maximum atomic E-state index is 8.21. The third kappa shape index (κ3) is 1.83. The van der Waals surface area contributed by atoms with Crippen molar-refractivity contribution in [2.75, 3.05) is 20.1 Å². The van der Waals surface area contributed by atoms with E-state index in [1.54, 1.807) is 12.1 Å². The lowest BCUT2D eigenvalue weighted by Gasteiger charge is -2.17. The number of fused-ring (bicyclic) bond motifs is 5. The van der Waals surface area contributed by atoms with Crippen LogP contribution in [-0.2, 0) is 0 Å². The summed E-state index contributed by atoms with van der Waals surface area (Å²) in [6.45, 7) is 1.83. The molecular weight excluding hydrogens is 270 g/mol. The van der Waals surface area contributed by atoms with Crippen LogP contribution in [0.25, 0.3) is 0 Å². The number of rotatable bonds is 0. The minimum atomic E-state index is 0.242. The summed E-state index contributed by atoms with van der Waals surface area (Å²) in [7, 11) is 2.10. The summed E-state index contributed by atoms with van der Waals surface area (Å²) >= 11 is 6.18. The van der Waals surface area contributed by atoms with Crippen LogP contribution in [0, 0.1) is 0 Å². The summed E-state index contributed by atoms with van der Waals surface area (Å²) in [6, 6.07) is 9.83. The van der Waals surface area contributed by atoms with Gasteiger partial charge in [-0.2, -0.15) is 0 Å². The number of benzene rings is 2. The fourth-order valence-corrected chi connectivity index (χ4v) is 3.56. The lowest BCUT2D eigenvalue weighted by molar-refractivity contribution is 0.401. The first-order chi connectivity index (χ1) is 10.5. The van der Waals surface area contributed by atoms with Gasteiger partial charge in [-0.1, -0.05) is 29.8 Å². The quantitative estimate of drug-likeness (QED) is 0.718. The van der Waals surface area contributed by atoms with Gasteiger partial charge in [0, 0.05) is 35.5 Å². The Bertz CT molecular complexity index is 765. The van der Waals surface area contributed by atoms with Crippen molar-refractivity contribution < 1.29 is 7.48 Å². The second-order valence-corrected chi connectivity index (χ2v) is 6.04. The summed E-state index contributed by atoms with van der Waals surface area (Å²) in [6.07, 6.45) is 0. The average molecular weight is 290 g/mol. The van der Waals surface area contributed by atoms with Crippen LogP contribution < -0.4 is 4.74 Å². The Labute approximate surface area is 126 Å². The van der Waals surface area contributed by atoms with Crippen LogP contribution in [0.1, 0.15) is 25.7 Å². The van der Waals surface area contributed by atoms with E-state index in [9.17, 15) is 0 Å². The molecule has 0 saturated carbocycles. The Morgan fingerprint density at radius 1 is 1.20 bits per heavy atom. The number of hydrogen-bond donors (Lipinski definition) is 0. The van der Waals surface area contributed by atoms with Crippen LogP contribution >= 0.6 is 11.6 Å². The van der Waals surface area contributed by atoms with Gasteiger partial charge in [-0.25, -0.2) is 0 Å². The normalized spacial score (nSPS) is 25.7. The van der Waals surface area contributed by atoms with E-state index in [0.717, 1.165) is 30.0 Å². The molecule has 2 atom stereocenters. The molecule has 0 spiro atoms. The molecule has 2 aromatic carbocycles. The SMILES string of the molecule is [3H]c1ccc2c(c1)[C@@H]1CN(C)C[C@H]1c1cc(Cl)cc([3H])c1O2. The van der Waals surface area contributed by atoms with Crippen molar-refractivity contribution >= 4 is 11.6 Å². The summed E-state index contributed by atoms with van der Waals surface area (Å²) in [5.41, 5.74) is 2.07. The second kappa shape index (κ2) is 4.51. The van der Waals surface area contributed by atoms with Gasteiger partial charge in [0.2, 0.25) is 0 Å². The predicted octanol–water partition coefficient (Wildman–Crippen LogP) is 4.26. The monoisotopic (exact) mass is 289 g/mol. The van der Waals surface area contributed by atoms with Crippen molar-refractivity contribution in [1.29, 1.82) is 0 Å². The number of ether oxygens (including phenoxy) is 1.